The average molecular weight is 274 g/mol. The zero-order valence-electron chi connectivity index (χ0n) is 7.01. The highest BCUT2D eigenvalue weighted by Gasteiger charge is 2.44. The molecule has 1 aromatic rings. The predicted octanol–water partition coefficient (Wildman–Crippen LogP) is 2.93. The Morgan fingerprint density at radius 1 is 1.25 bits per heavy atom. The molecule has 1 fully saturated rings. The molecule has 0 bridgehead atoms. The quantitative estimate of drug-likeness (QED) is 0.753. The lowest BCUT2D eigenvalue weighted by atomic mass is 10.1. The van der Waals surface area contributed by atoms with Gasteiger partial charge >= 0.3 is 0 Å². The van der Waals surface area contributed by atoms with E-state index < -0.39 is 0 Å². The van der Waals surface area contributed by atoms with Crippen LogP contribution in [0.15, 0.2) is 24.3 Å². The van der Waals surface area contributed by atoms with Crippen LogP contribution in [0, 0.1) is 3.57 Å². The molecule has 64 valence electrons. The third kappa shape index (κ3) is 1.38. The second-order valence-electron chi connectivity index (χ2n) is 3.21. The maximum absolute atomic E-state index is 5.47. The Kier molecular flexibility index (Phi) is 2.12. The van der Waals surface area contributed by atoms with Gasteiger partial charge in [0.25, 0.3) is 0 Å². The van der Waals surface area contributed by atoms with Gasteiger partial charge in [-0.25, -0.2) is 0 Å². The molecule has 1 aliphatic rings. The van der Waals surface area contributed by atoms with Crippen LogP contribution in [0.5, 0.6) is 0 Å². The molecule has 0 amide bonds. The summed E-state index contributed by atoms with van der Waals surface area (Å²) in [6.07, 6.45) is 2.34. The molecule has 0 radical (unpaired) electrons. The van der Waals surface area contributed by atoms with Gasteiger partial charge in [0.1, 0.15) is 0 Å². The highest BCUT2D eigenvalue weighted by Crippen LogP contribution is 2.48. The number of rotatable bonds is 2. The lowest BCUT2D eigenvalue weighted by molar-refractivity contribution is 0.0789. The molecule has 0 aromatic heterocycles. The molecule has 1 nitrogen and oxygen atoms in total. The standard InChI is InChI=1S/C10H11IO/c1-12-10(6-7-10)8-2-4-9(11)5-3-8/h2-5H,6-7H2,1H3. The maximum atomic E-state index is 5.47. The summed E-state index contributed by atoms with van der Waals surface area (Å²) >= 11 is 2.32. The van der Waals surface area contributed by atoms with E-state index >= 15 is 0 Å². The highest BCUT2D eigenvalue weighted by atomic mass is 127. The van der Waals surface area contributed by atoms with Crippen molar-refractivity contribution in [3.63, 3.8) is 0 Å². The van der Waals surface area contributed by atoms with Gasteiger partial charge in [0, 0.05) is 10.7 Å². The summed E-state index contributed by atoms with van der Waals surface area (Å²) in [4.78, 5) is 0. The fourth-order valence-corrected chi connectivity index (χ4v) is 1.84. The molecular formula is C10H11IO. The Morgan fingerprint density at radius 2 is 1.83 bits per heavy atom. The molecular weight excluding hydrogens is 263 g/mol. The lowest BCUT2D eigenvalue weighted by Gasteiger charge is -2.12. The molecule has 0 aliphatic heterocycles. The van der Waals surface area contributed by atoms with E-state index in [-0.39, 0.29) is 5.60 Å². The SMILES string of the molecule is COC1(c2ccc(I)cc2)CC1. The van der Waals surface area contributed by atoms with Crippen LogP contribution in [0.3, 0.4) is 0 Å². The number of hydrogen-bond donors (Lipinski definition) is 0. The molecule has 1 saturated carbocycles. The van der Waals surface area contributed by atoms with E-state index in [1.54, 1.807) is 7.11 Å². The van der Waals surface area contributed by atoms with Gasteiger partial charge in [-0.1, -0.05) is 12.1 Å². The van der Waals surface area contributed by atoms with E-state index in [4.69, 9.17) is 4.74 Å². The first-order valence-electron chi connectivity index (χ1n) is 4.08. The van der Waals surface area contributed by atoms with Gasteiger partial charge in [-0.05, 0) is 53.1 Å². The molecule has 1 aromatic carbocycles. The zero-order valence-corrected chi connectivity index (χ0v) is 9.17. The first-order valence-corrected chi connectivity index (χ1v) is 5.16. The molecule has 1 aliphatic carbocycles. The summed E-state index contributed by atoms with van der Waals surface area (Å²) in [6.45, 7) is 0. The Morgan fingerprint density at radius 3 is 2.25 bits per heavy atom. The van der Waals surface area contributed by atoms with Crippen LogP contribution in [-0.2, 0) is 10.3 Å². The normalized spacial score (nSPS) is 19.2. The molecule has 0 atom stereocenters. The molecule has 2 heteroatoms. The van der Waals surface area contributed by atoms with E-state index in [1.807, 2.05) is 0 Å². The smallest absolute Gasteiger partial charge is 0.0929 e. The number of benzene rings is 1. The molecule has 0 saturated heterocycles. The Hall–Kier alpha value is -0.0900. The van der Waals surface area contributed by atoms with Crippen molar-refractivity contribution in [1.82, 2.24) is 0 Å². The maximum Gasteiger partial charge on any atom is 0.0929 e. The molecule has 0 spiro atoms. The van der Waals surface area contributed by atoms with E-state index in [0.29, 0.717) is 0 Å². The van der Waals surface area contributed by atoms with Crippen molar-refractivity contribution in [2.75, 3.05) is 7.11 Å². The Balaban J connectivity index is 2.29. The lowest BCUT2D eigenvalue weighted by Crippen LogP contribution is -2.08. The first-order chi connectivity index (χ1) is 5.77. The van der Waals surface area contributed by atoms with Crippen molar-refractivity contribution in [3.05, 3.63) is 33.4 Å². The van der Waals surface area contributed by atoms with E-state index in [9.17, 15) is 0 Å². The minimum atomic E-state index is 0.0737. The first kappa shape index (κ1) is 8.51. The third-order valence-corrected chi connectivity index (χ3v) is 3.18. The minimum absolute atomic E-state index is 0.0737. The zero-order chi connectivity index (χ0) is 8.60. The average Bonchev–Trinajstić information content (AvgIpc) is 2.86. The van der Waals surface area contributed by atoms with Crippen molar-refractivity contribution < 1.29 is 4.74 Å². The molecule has 12 heavy (non-hydrogen) atoms. The summed E-state index contributed by atoms with van der Waals surface area (Å²) in [7, 11) is 1.80. The monoisotopic (exact) mass is 274 g/mol. The van der Waals surface area contributed by atoms with Gasteiger partial charge in [0.2, 0.25) is 0 Å². The summed E-state index contributed by atoms with van der Waals surface area (Å²) < 4.78 is 6.75. The Labute approximate surface area is 86.3 Å². The topological polar surface area (TPSA) is 9.23 Å². The van der Waals surface area contributed by atoms with Crippen LogP contribution in [0.1, 0.15) is 18.4 Å². The van der Waals surface area contributed by atoms with Crippen LogP contribution in [0.2, 0.25) is 0 Å². The molecule has 0 heterocycles. The van der Waals surface area contributed by atoms with E-state index in [1.165, 1.54) is 22.0 Å². The predicted molar refractivity (Wildman–Crippen MR) is 57.1 cm³/mol. The molecule has 2 rings (SSSR count). The fourth-order valence-electron chi connectivity index (χ4n) is 1.48. The summed E-state index contributed by atoms with van der Waals surface area (Å²) in [5.74, 6) is 0. The van der Waals surface area contributed by atoms with Crippen LogP contribution in [0.25, 0.3) is 0 Å². The van der Waals surface area contributed by atoms with Gasteiger partial charge in [-0.2, -0.15) is 0 Å². The number of halogens is 1. The summed E-state index contributed by atoms with van der Waals surface area (Å²) in [5, 5.41) is 0. The summed E-state index contributed by atoms with van der Waals surface area (Å²) in [5.41, 5.74) is 1.40. The van der Waals surface area contributed by atoms with Crippen molar-refractivity contribution in [2.24, 2.45) is 0 Å². The highest BCUT2D eigenvalue weighted by molar-refractivity contribution is 14.1. The van der Waals surface area contributed by atoms with Gasteiger partial charge < -0.3 is 4.74 Å². The van der Waals surface area contributed by atoms with Crippen molar-refractivity contribution in [2.45, 2.75) is 18.4 Å². The van der Waals surface area contributed by atoms with Crippen molar-refractivity contribution >= 4 is 22.6 Å². The van der Waals surface area contributed by atoms with Crippen LogP contribution >= 0.6 is 22.6 Å². The molecule has 0 N–H and O–H groups in total. The van der Waals surface area contributed by atoms with Gasteiger partial charge in [-0.3, -0.25) is 0 Å². The number of methoxy groups -OCH3 is 1. The second-order valence-corrected chi connectivity index (χ2v) is 4.45. The fraction of sp³-hybridized carbons (Fsp3) is 0.400. The molecule has 0 unspecified atom stereocenters. The van der Waals surface area contributed by atoms with Gasteiger partial charge in [-0.15, -0.1) is 0 Å². The van der Waals surface area contributed by atoms with E-state index in [2.05, 4.69) is 46.9 Å². The summed E-state index contributed by atoms with van der Waals surface area (Å²) in [6, 6.07) is 8.60. The largest absolute Gasteiger partial charge is 0.374 e. The third-order valence-electron chi connectivity index (χ3n) is 2.47. The van der Waals surface area contributed by atoms with Crippen LogP contribution < -0.4 is 0 Å². The van der Waals surface area contributed by atoms with Crippen molar-refractivity contribution in [3.8, 4) is 0 Å². The van der Waals surface area contributed by atoms with E-state index in [0.717, 1.165) is 0 Å². The Bertz CT molecular complexity index is 274. The number of ether oxygens (including phenoxy) is 1. The van der Waals surface area contributed by atoms with Crippen molar-refractivity contribution in [1.29, 1.82) is 0 Å². The number of hydrogen-bond acceptors (Lipinski definition) is 1. The van der Waals surface area contributed by atoms with Gasteiger partial charge in [0.15, 0.2) is 0 Å². The van der Waals surface area contributed by atoms with Crippen LogP contribution in [-0.4, -0.2) is 7.11 Å². The van der Waals surface area contributed by atoms with Gasteiger partial charge in [0.05, 0.1) is 5.60 Å². The minimum Gasteiger partial charge on any atom is -0.374 e. The van der Waals surface area contributed by atoms with Crippen LogP contribution in [0.4, 0.5) is 0 Å². The second kappa shape index (κ2) is 3.00.